The number of carbonyl (C=O) groups is 2. The highest BCUT2D eigenvalue weighted by Gasteiger charge is 2.37. The molecule has 3 amide bonds. The van der Waals surface area contributed by atoms with Crippen LogP contribution in [-0.2, 0) is 13.1 Å². The number of hydrogen-bond acceptors (Lipinski definition) is 7. The van der Waals surface area contributed by atoms with Gasteiger partial charge >= 0.3 is 6.03 Å². The summed E-state index contributed by atoms with van der Waals surface area (Å²) in [5.41, 5.74) is 3.31. The number of urea groups is 1. The molecule has 3 aliphatic rings. The van der Waals surface area contributed by atoms with Gasteiger partial charge in [0.25, 0.3) is 5.91 Å². The topological polar surface area (TPSA) is 138 Å². The summed E-state index contributed by atoms with van der Waals surface area (Å²) in [7, 11) is 0. The average Bonchev–Trinajstić information content (AvgIpc) is 3.57. The van der Waals surface area contributed by atoms with Crippen molar-refractivity contribution in [3.63, 3.8) is 0 Å². The van der Waals surface area contributed by atoms with Crippen LogP contribution in [0, 0.1) is 23.1 Å². The van der Waals surface area contributed by atoms with Crippen molar-refractivity contribution < 1.29 is 14.0 Å². The predicted molar refractivity (Wildman–Crippen MR) is 152 cm³/mol. The van der Waals surface area contributed by atoms with Gasteiger partial charge in [-0.3, -0.25) is 4.79 Å². The van der Waals surface area contributed by atoms with Crippen molar-refractivity contribution in [3.8, 4) is 23.3 Å². The van der Waals surface area contributed by atoms with E-state index in [0.29, 0.717) is 48.3 Å². The van der Waals surface area contributed by atoms with Crippen LogP contribution in [0.15, 0.2) is 43.0 Å². The molecule has 218 valence electrons. The smallest absolute Gasteiger partial charge is 0.320 e. The second-order valence-electron chi connectivity index (χ2n) is 11.6. The Hall–Kier alpha value is -5.12. The summed E-state index contributed by atoms with van der Waals surface area (Å²) in [5, 5.41) is 20.0. The summed E-state index contributed by atoms with van der Waals surface area (Å²) in [6.45, 7) is 5.23. The minimum absolute atomic E-state index is 0.110. The number of nitrogens with zero attached hydrogens (tertiary/aromatic N) is 9. The number of hydrogen-bond donors (Lipinski definition) is 1. The van der Waals surface area contributed by atoms with E-state index in [1.807, 2.05) is 23.0 Å². The molecular formula is C30H29FN10O2. The van der Waals surface area contributed by atoms with Gasteiger partial charge in [0.1, 0.15) is 23.7 Å². The van der Waals surface area contributed by atoms with Crippen LogP contribution in [-0.4, -0.2) is 64.1 Å². The molecule has 3 aromatic heterocycles. The maximum absolute atomic E-state index is 15.6. The maximum atomic E-state index is 15.6. The molecule has 43 heavy (non-hydrogen) atoms. The zero-order chi connectivity index (χ0) is 29.8. The summed E-state index contributed by atoms with van der Waals surface area (Å²) in [6, 6.07) is 10.1. The first-order valence-corrected chi connectivity index (χ1v) is 14.3. The minimum Gasteiger partial charge on any atom is -0.322 e. The largest absolute Gasteiger partial charge is 0.322 e. The summed E-state index contributed by atoms with van der Waals surface area (Å²) in [5.74, 6) is -0.403. The highest BCUT2D eigenvalue weighted by molar-refractivity contribution is 6.04. The molecule has 4 aromatic rings. The van der Waals surface area contributed by atoms with Gasteiger partial charge in [0.15, 0.2) is 5.82 Å². The number of rotatable bonds is 5. The van der Waals surface area contributed by atoms with E-state index in [1.54, 1.807) is 40.7 Å². The number of amides is 3. The number of benzene rings is 1. The zero-order valence-corrected chi connectivity index (χ0v) is 23.7. The summed E-state index contributed by atoms with van der Waals surface area (Å²) < 4.78 is 19.4. The SMILES string of the molecule is CC(C)n1cnnc1-c1cccc(NC(=O)c2cc3c(cc2F)CN(C(=O)N2CC(C#N)C2)Cc2c(C4CC4)ncn2-3)n1. The molecule has 13 heteroatoms. The lowest BCUT2D eigenvalue weighted by molar-refractivity contribution is 0.101. The minimum atomic E-state index is -0.709. The lowest BCUT2D eigenvalue weighted by Crippen LogP contribution is -2.54. The fraction of sp³-hybridized carbons (Fsp3) is 0.367. The normalized spacial score (nSPS) is 16.3. The van der Waals surface area contributed by atoms with Crippen molar-refractivity contribution in [2.75, 3.05) is 18.4 Å². The Kier molecular flexibility index (Phi) is 6.41. The van der Waals surface area contributed by atoms with E-state index in [1.165, 1.54) is 12.1 Å². The number of aromatic nitrogens is 6. The molecule has 0 atom stereocenters. The van der Waals surface area contributed by atoms with Crippen molar-refractivity contribution in [2.24, 2.45) is 5.92 Å². The number of nitrogens with one attached hydrogen (secondary N) is 1. The van der Waals surface area contributed by atoms with E-state index in [-0.39, 0.29) is 35.9 Å². The standard InChI is InChI=1S/C30H29FN10O2/c1-17(2)40-16-34-37-28(40)23-4-3-5-26(35-23)36-29(42)21-9-24-20(8-22(21)31)13-39(30(43)38-11-18(10-32)12-38)14-25-27(19-6-7-19)33-15-41(24)25/h3-5,8-9,15-19H,6-7,11-14H2,1-2H3,(H,35,36,42). The number of likely N-dealkylation sites (tertiary alicyclic amines) is 1. The molecule has 2 fully saturated rings. The molecular weight excluding hydrogens is 551 g/mol. The fourth-order valence-corrected chi connectivity index (χ4v) is 5.69. The van der Waals surface area contributed by atoms with Gasteiger partial charge in [-0.15, -0.1) is 10.2 Å². The van der Waals surface area contributed by atoms with Crippen LogP contribution in [0.2, 0.25) is 0 Å². The molecule has 0 spiro atoms. The highest BCUT2D eigenvalue weighted by atomic mass is 19.1. The summed E-state index contributed by atoms with van der Waals surface area (Å²) in [4.78, 5) is 39.3. The molecule has 5 heterocycles. The quantitative estimate of drug-likeness (QED) is 0.372. The summed E-state index contributed by atoms with van der Waals surface area (Å²) in [6.07, 6.45) is 5.37. The van der Waals surface area contributed by atoms with E-state index in [4.69, 9.17) is 5.26 Å². The van der Waals surface area contributed by atoms with Gasteiger partial charge < -0.3 is 24.3 Å². The fourth-order valence-electron chi connectivity index (χ4n) is 5.69. The van der Waals surface area contributed by atoms with Crippen LogP contribution >= 0.6 is 0 Å². The van der Waals surface area contributed by atoms with Crippen LogP contribution in [0.5, 0.6) is 0 Å². The molecule has 1 N–H and O–H groups in total. The van der Waals surface area contributed by atoms with Gasteiger partial charge in [-0.05, 0) is 56.5 Å². The Balaban J connectivity index is 1.21. The number of anilines is 1. The summed E-state index contributed by atoms with van der Waals surface area (Å²) >= 11 is 0. The van der Waals surface area contributed by atoms with Crippen molar-refractivity contribution in [2.45, 2.75) is 51.7 Å². The maximum Gasteiger partial charge on any atom is 0.320 e. The van der Waals surface area contributed by atoms with Crippen LogP contribution in [0.4, 0.5) is 15.0 Å². The van der Waals surface area contributed by atoms with E-state index in [2.05, 4.69) is 31.6 Å². The lowest BCUT2D eigenvalue weighted by atomic mass is 10.0. The monoisotopic (exact) mass is 580 g/mol. The van der Waals surface area contributed by atoms with Gasteiger partial charge in [0, 0.05) is 25.0 Å². The predicted octanol–water partition coefficient (Wildman–Crippen LogP) is 4.27. The van der Waals surface area contributed by atoms with Crippen molar-refractivity contribution in [1.82, 2.24) is 39.1 Å². The van der Waals surface area contributed by atoms with E-state index in [0.717, 1.165) is 24.2 Å². The van der Waals surface area contributed by atoms with Crippen LogP contribution in [0.3, 0.4) is 0 Å². The Morgan fingerprint density at radius 3 is 2.67 bits per heavy atom. The molecule has 1 aromatic carbocycles. The third-order valence-electron chi connectivity index (χ3n) is 8.19. The Labute approximate surface area is 246 Å². The van der Waals surface area contributed by atoms with Crippen LogP contribution in [0.1, 0.15) is 66.0 Å². The molecule has 1 aliphatic carbocycles. The molecule has 1 saturated heterocycles. The molecule has 12 nitrogen and oxygen atoms in total. The Morgan fingerprint density at radius 1 is 1.12 bits per heavy atom. The molecule has 1 saturated carbocycles. The Bertz CT molecular complexity index is 1790. The number of halogens is 1. The second-order valence-corrected chi connectivity index (χ2v) is 11.6. The molecule has 0 radical (unpaired) electrons. The number of fused-ring (bicyclic) bond motifs is 3. The van der Waals surface area contributed by atoms with E-state index < -0.39 is 11.7 Å². The molecule has 2 aliphatic heterocycles. The molecule has 0 unspecified atom stereocenters. The van der Waals surface area contributed by atoms with Gasteiger partial charge in [-0.1, -0.05) is 6.07 Å². The highest BCUT2D eigenvalue weighted by Crippen LogP contribution is 2.42. The number of nitriles is 1. The van der Waals surface area contributed by atoms with Crippen molar-refractivity contribution in [3.05, 3.63) is 71.3 Å². The first-order valence-electron chi connectivity index (χ1n) is 14.3. The number of carbonyl (C=O) groups excluding carboxylic acids is 2. The third kappa shape index (κ3) is 4.78. The average molecular weight is 581 g/mol. The first kappa shape index (κ1) is 26.8. The van der Waals surface area contributed by atoms with Gasteiger partial charge in [-0.25, -0.2) is 19.2 Å². The van der Waals surface area contributed by atoms with Gasteiger partial charge in [0.05, 0.1) is 54.0 Å². The van der Waals surface area contributed by atoms with Crippen LogP contribution in [0.25, 0.3) is 17.2 Å². The number of imidazole rings is 1. The third-order valence-corrected chi connectivity index (χ3v) is 8.19. The zero-order valence-electron chi connectivity index (χ0n) is 23.7. The Morgan fingerprint density at radius 2 is 1.93 bits per heavy atom. The second kappa shape index (κ2) is 10.3. The van der Waals surface area contributed by atoms with Gasteiger partial charge in [-0.2, -0.15) is 5.26 Å². The van der Waals surface area contributed by atoms with Crippen LogP contribution < -0.4 is 5.32 Å². The van der Waals surface area contributed by atoms with Crippen molar-refractivity contribution >= 4 is 17.8 Å². The van der Waals surface area contributed by atoms with Gasteiger partial charge in [0.2, 0.25) is 0 Å². The number of pyridine rings is 1. The first-order chi connectivity index (χ1) is 20.8. The lowest BCUT2D eigenvalue weighted by Gasteiger charge is -2.38. The van der Waals surface area contributed by atoms with E-state index >= 15 is 4.39 Å². The van der Waals surface area contributed by atoms with E-state index in [9.17, 15) is 9.59 Å². The van der Waals surface area contributed by atoms with Crippen molar-refractivity contribution in [1.29, 1.82) is 5.26 Å². The molecule has 7 rings (SSSR count). The molecule has 0 bridgehead atoms.